The van der Waals surface area contributed by atoms with Gasteiger partial charge in [0.2, 0.25) is 0 Å². The van der Waals surface area contributed by atoms with Gasteiger partial charge >= 0.3 is 0 Å². The maximum Gasteiger partial charge on any atom is 0.261 e. The van der Waals surface area contributed by atoms with Crippen molar-refractivity contribution in [1.82, 2.24) is 5.32 Å². The van der Waals surface area contributed by atoms with Crippen molar-refractivity contribution >= 4 is 25.6 Å². The first kappa shape index (κ1) is 17.8. The van der Waals surface area contributed by atoms with Gasteiger partial charge in [-0.05, 0) is 57.9 Å². The van der Waals surface area contributed by atoms with Crippen LogP contribution in [0.4, 0.5) is 0 Å². The normalized spacial score (nSPS) is 13.1. The van der Waals surface area contributed by atoms with E-state index in [1.165, 1.54) is 6.07 Å². The third kappa shape index (κ3) is 4.89. The van der Waals surface area contributed by atoms with E-state index < -0.39 is 15.2 Å². The Hall–Kier alpha value is -1.27. The summed E-state index contributed by atoms with van der Waals surface area (Å²) < 4.78 is 28.5. The summed E-state index contributed by atoms with van der Waals surface area (Å²) in [6, 6.07) is 3.04. The molecule has 0 saturated carbocycles. The molecule has 1 aromatic rings. The topological polar surface area (TPSA) is 72.5 Å². The first-order valence-corrected chi connectivity index (χ1v) is 8.86. The zero-order valence-electron chi connectivity index (χ0n) is 12.7. The Labute approximate surface area is 130 Å². The Balaban J connectivity index is 3.01. The van der Waals surface area contributed by atoms with E-state index in [9.17, 15) is 13.2 Å². The van der Waals surface area contributed by atoms with E-state index in [2.05, 4.69) is 5.32 Å². The van der Waals surface area contributed by atoms with E-state index >= 15 is 0 Å². The lowest BCUT2D eigenvalue weighted by Gasteiger charge is -2.18. The highest BCUT2D eigenvalue weighted by Gasteiger charge is 2.19. The number of amides is 1. The van der Waals surface area contributed by atoms with Crippen LogP contribution in [-0.2, 0) is 13.8 Å². The summed E-state index contributed by atoms with van der Waals surface area (Å²) in [5.74, 6) is 0.235. The molecule has 0 radical (unpaired) electrons. The molecule has 0 bridgehead atoms. The van der Waals surface area contributed by atoms with E-state index in [1.54, 1.807) is 26.8 Å². The van der Waals surface area contributed by atoms with Crippen LogP contribution in [0.3, 0.4) is 0 Å². The number of hydrogen-bond donors (Lipinski definition) is 1. The molecule has 1 unspecified atom stereocenters. The molecular weight excluding hydrogens is 314 g/mol. The molecule has 21 heavy (non-hydrogen) atoms. The minimum absolute atomic E-state index is 0.0233. The lowest BCUT2D eigenvalue weighted by Crippen LogP contribution is -2.40. The van der Waals surface area contributed by atoms with Crippen molar-refractivity contribution in [3.63, 3.8) is 0 Å². The highest BCUT2D eigenvalue weighted by molar-refractivity contribution is 8.13. The molecule has 1 aromatic carbocycles. The molecule has 0 aromatic heterocycles. The number of carbonyl (C=O) groups excluding carboxylic acids is 1. The van der Waals surface area contributed by atoms with Gasteiger partial charge in [-0.15, -0.1) is 0 Å². The Kier molecular flexibility index (Phi) is 5.64. The molecule has 0 saturated heterocycles. The highest BCUT2D eigenvalue weighted by Crippen LogP contribution is 2.28. The summed E-state index contributed by atoms with van der Waals surface area (Å²) in [5.41, 5.74) is 1.08. The molecule has 0 aliphatic rings. The van der Waals surface area contributed by atoms with Gasteiger partial charge in [0, 0.05) is 16.7 Å². The van der Waals surface area contributed by atoms with Crippen LogP contribution in [0, 0.1) is 13.8 Å². The summed E-state index contributed by atoms with van der Waals surface area (Å²) in [6.07, 6.45) is -0.677. The summed E-state index contributed by atoms with van der Waals surface area (Å²) in [4.78, 5) is 11.9. The van der Waals surface area contributed by atoms with Gasteiger partial charge in [0.15, 0.2) is 6.10 Å². The van der Waals surface area contributed by atoms with Gasteiger partial charge in [-0.25, -0.2) is 8.42 Å². The van der Waals surface area contributed by atoms with Crippen molar-refractivity contribution in [2.75, 3.05) is 0 Å². The molecule has 0 heterocycles. The van der Waals surface area contributed by atoms with Crippen molar-refractivity contribution in [2.45, 2.75) is 51.7 Å². The Morgan fingerprint density at radius 1 is 1.19 bits per heavy atom. The summed E-state index contributed by atoms with van der Waals surface area (Å²) in [6.45, 7) is 8.69. The van der Waals surface area contributed by atoms with Crippen molar-refractivity contribution in [3.8, 4) is 5.75 Å². The SMILES string of the molecule is Cc1cc(S(=O)(=O)Cl)c(C)cc1OC(C)C(=O)NC(C)C. The lowest BCUT2D eigenvalue weighted by atomic mass is 10.1. The number of ether oxygens (including phenoxy) is 1. The zero-order chi connectivity index (χ0) is 16.4. The zero-order valence-corrected chi connectivity index (χ0v) is 14.3. The highest BCUT2D eigenvalue weighted by atomic mass is 35.7. The third-order valence-electron chi connectivity index (χ3n) is 2.84. The molecule has 0 aliphatic heterocycles. The smallest absolute Gasteiger partial charge is 0.261 e. The van der Waals surface area contributed by atoms with Gasteiger partial charge in [-0.3, -0.25) is 4.79 Å². The maximum atomic E-state index is 11.8. The van der Waals surface area contributed by atoms with E-state index in [-0.39, 0.29) is 16.8 Å². The molecule has 118 valence electrons. The molecule has 5 nitrogen and oxygen atoms in total. The first-order valence-electron chi connectivity index (χ1n) is 6.55. The largest absolute Gasteiger partial charge is 0.481 e. The number of rotatable bonds is 5. The second kappa shape index (κ2) is 6.66. The minimum atomic E-state index is -3.80. The second-order valence-corrected chi connectivity index (χ2v) is 7.78. The van der Waals surface area contributed by atoms with Crippen LogP contribution in [0.5, 0.6) is 5.75 Å². The number of benzene rings is 1. The van der Waals surface area contributed by atoms with Crippen molar-refractivity contribution in [1.29, 1.82) is 0 Å². The van der Waals surface area contributed by atoms with Crippen LogP contribution in [0.2, 0.25) is 0 Å². The molecule has 0 spiro atoms. The van der Waals surface area contributed by atoms with Gasteiger partial charge in [-0.1, -0.05) is 0 Å². The quantitative estimate of drug-likeness (QED) is 0.840. The first-order chi connectivity index (χ1) is 9.52. The van der Waals surface area contributed by atoms with Crippen LogP contribution in [0.15, 0.2) is 17.0 Å². The number of aryl methyl sites for hydroxylation is 2. The Morgan fingerprint density at radius 2 is 1.76 bits per heavy atom. The summed E-state index contributed by atoms with van der Waals surface area (Å²) >= 11 is 0. The number of halogens is 1. The van der Waals surface area contributed by atoms with E-state index in [0.29, 0.717) is 16.9 Å². The summed E-state index contributed by atoms with van der Waals surface area (Å²) in [7, 11) is 1.57. The molecule has 1 rings (SSSR count). The van der Waals surface area contributed by atoms with Gasteiger partial charge in [-0.2, -0.15) is 0 Å². The lowest BCUT2D eigenvalue weighted by molar-refractivity contribution is -0.127. The Morgan fingerprint density at radius 3 is 2.24 bits per heavy atom. The van der Waals surface area contributed by atoms with Gasteiger partial charge < -0.3 is 10.1 Å². The number of hydrogen-bond acceptors (Lipinski definition) is 4. The van der Waals surface area contributed by atoms with Gasteiger partial charge in [0.25, 0.3) is 15.0 Å². The monoisotopic (exact) mass is 333 g/mol. The van der Waals surface area contributed by atoms with Crippen LogP contribution >= 0.6 is 10.7 Å². The predicted molar refractivity (Wildman–Crippen MR) is 82.3 cm³/mol. The average molecular weight is 334 g/mol. The van der Waals surface area contributed by atoms with Crippen LogP contribution in [0.1, 0.15) is 31.9 Å². The molecule has 1 atom stereocenters. The molecule has 0 fully saturated rings. The van der Waals surface area contributed by atoms with Crippen molar-refractivity contribution in [3.05, 3.63) is 23.3 Å². The fourth-order valence-corrected chi connectivity index (χ4v) is 3.06. The minimum Gasteiger partial charge on any atom is -0.481 e. The van der Waals surface area contributed by atoms with E-state index in [1.807, 2.05) is 13.8 Å². The second-order valence-electron chi connectivity index (χ2n) is 5.24. The van der Waals surface area contributed by atoms with E-state index in [4.69, 9.17) is 15.4 Å². The van der Waals surface area contributed by atoms with Crippen LogP contribution < -0.4 is 10.1 Å². The Bertz CT molecular complexity index is 641. The average Bonchev–Trinajstić information content (AvgIpc) is 2.30. The van der Waals surface area contributed by atoms with Crippen molar-refractivity contribution in [2.24, 2.45) is 0 Å². The summed E-state index contributed by atoms with van der Waals surface area (Å²) in [5, 5.41) is 2.75. The van der Waals surface area contributed by atoms with Crippen LogP contribution in [0.25, 0.3) is 0 Å². The van der Waals surface area contributed by atoms with E-state index in [0.717, 1.165) is 0 Å². The molecule has 1 amide bonds. The van der Waals surface area contributed by atoms with Gasteiger partial charge in [0.05, 0.1) is 4.90 Å². The van der Waals surface area contributed by atoms with Crippen LogP contribution in [-0.4, -0.2) is 26.5 Å². The molecular formula is C14H20ClNO4S. The maximum absolute atomic E-state index is 11.8. The van der Waals surface area contributed by atoms with Gasteiger partial charge in [0.1, 0.15) is 5.75 Å². The molecule has 0 aliphatic carbocycles. The standard InChI is InChI=1S/C14H20ClNO4S/c1-8(2)16-14(17)11(5)20-12-6-10(4)13(7-9(12)3)21(15,18)19/h6-8,11H,1-5H3,(H,16,17). The number of carbonyl (C=O) groups is 1. The van der Waals surface area contributed by atoms with Crippen molar-refractivity contribution < 1.29 is 17.9 Å². The fourth-order valence-electron chi connectivity index (χ4n) is 1.80. The predicted octanol–water partition coefficient (Wildman–Crippen LogP) is 2.52. The number of nitrogens with one attached hydrogen (secondary N) is 1. The fraction of sp³-hybridized carbons (Fsp3) is 0.500. The molecule has 1 N–H and O–H groups in total. The third-order valence-corrected chi connectivity index (χ3v) is 4.30. The molecule has 7 heteroatoms.